The molecule has 0 bridgehead atoms. The van der Waals surface area contributed by atoms with E-state index in [4.69, 9.17) is 14.6 Å². The maximum Gasteiger partial charge on any atom is 0.315 e. The van der Waals surface area contributed by atoms with Crippen LogP contribution in [0.4, 0.5) is 5.69 Å². The summed E-state index contributed by atoms with van der Waals surface area (Å²) in [5.74, 6) is -0.0847. The normalized spacial score (nSPS) is 22.5. The van der Waals surface area contributed by atoms with E-state index < -0.39 is 11.2 Å². The summed E-state index contributed by atoms with van der Waals surface area (Å²) < 4.78 is 12.1. The predicted octanol–water partition coefficient (Wildman–Crippen LogP) is 1.01. The van der Waals surface area contributed by atoms with Crippen molar-refractivity contribution in [3.63, 3.8) is 0 Å². The van der Waals surface area contributed by atoms with Gasteiger partial charge >= 0.3 is 5.69 Å². The van der Waals surface area contributed by atoms with Crippen LogP contribution in [0.25, 0.3) is 0 Å². The molecule has 1 aromatic rings. The molecule has 108 valence electrons. The number of nitrogens with zero attached hydrogens (tertiary/aromatic N) is 3. The molecule has 0 amide bonds. The molecule has 1 aromatic heterocycles. The minimum Gasteiger partial charge on any atom is -0.396 e. The minimum absolute atomic E-state index is 0.0276. The first kappa shape index (κ1) is 15.5. The molecule has 1 N–H and O–H groups in total. The molecule has 0 aliphatic carbocycles. The molecule has 8 heteroatoms. The molecule has 8 nitrogen and oxygen atoms in total. The number of aliphatic hydroxyl groups excluding tert-OH is 1. The Morgan fingerprint density at radius 3 is 2.58 bits per heavy atom. The van der Waals surface area contributed by atoms with Crippen LogP contribution in [-0.2, 0) is 16.5 Å². The first-order valence-electron chi connectivity index (χ1n) is 6.13. The van der Waals surface area contributed by atoms with Crippen LogP contribution in [0.1, 0.15) is 25.8 Å². The minimum atomic E-state index is -0.800. The zero-order valence-electron chi connectivity index (χ0n) is 11.3. The maximum absolute atomic E-state index is 10.8. The van der Waals surface area contributed by atoms with E-state index in [0.717, 1.165) is 0 Å². The second-order valence-corrected chi connectivity index (χ2v) is 3.84. The first-order valence-corrected chi connectivity index (χ1v) is 6.13. The molecular weight excluding hydrogens is 254 g/mol. The van der Waals surface area contributed by atoms with Crippen molar-refractivity contribution < 1.29 is 19.5 Å². The number of hydrogen-bond donors (Lipinski definition) is 1. The fourth-order valence-electron chi connectivity index (χ4n) is 1.66. The lowest BCUT2D eigenvalue weighted by Crippen LogP contribution is -2.30. The van der Waals surface area contributed by atoms with E-state index in [1.807, 2.05) is 13.8 Å². The zero-order valence-corrected chi connectivity index (χ0v) is 11.3. The molecule has 1 saturated heterocycles. The summed E-state index contributed by atoms with van der Waals surface area (Å²) in [6.45, 7) is 4.59. The van der Waals surface area contributed by atoms with Crippen molar-refractivity contribution in [1.82, 2.24) is 9.78 Å². The van der Waals surface area contributed by atoms with Gasteiger partial charge in [-0.05, 0) is 0 Å². The SMILES string of the molecule is CC.Cn1ncc([N+](=O)[O-])c1C1OCC(CO)CO1. The van der Waals surface area contributed by atoms with Gasteiger partial charge in [0.1, 0.15) is 6.20 Å². The predicted molar refractivity (Wildman–Crippen MR) is 66.4 cm³/mol. The van der Waals surface area contributed by atoms with Crippen molar-refractivity contribution in [2.24, 2.45) is 13.0 Å². The number of rotatable bonds is 3. The average molecular weight is 273 g/mol. The lowest BCUT2D eigenvalue weighted by Gasteiger charge is -2.27. The second kappa shape index (κ2) is 7.17. The molecule has 2 rings (SSSR count). The molecule has 0 radical (unpaired) electrons. The highest BCUT2D eigenvalue weighted by Crippen LogP contribution is 2.30. The van der Waals surface area contributed by atoms with Crippen molar-refractivity contribution >= 4 is 5.69 Å². The molecule has 0 aromatic carbocycles. The quantitative estimate of drug-likeness (QED) is 0.651. The van der Waals surface area contributed by atoms with Crippen molar-refractivity contribution in [1.29, 1.82) is 0 Å². The number of aryl methyl sites for hydroxylation is 1. The maximum atomic E-state index is 10.8. The van der Waals surface area contributed by atoms with E-state index in [1.54, 1.807) is 7.05 Å². The summed E-state index contributed by atoms with van der Waals surface area (Å²) in [6, 6.07) is 0. The number of ether oxygens (including phenoxy) is 2. The largest absolute Gasteiger partial charge is 0.396 e. The van der Waals surface area contributed by atoms with E-state index in [1.165, 1.54) is 10.9 Å². The third kappa shape index (κ3) is 3.49. The Morgan fingerprint density at radius 1 is 1.53 bits per heavy atom. The number of aliphatic hydroxyl groups is 1. The van der Waals surface area contributed by atoms with Gasteiger partial charge in [-0.25, -0.2) is 0 Å². The number of aromatic nitrogens is 2. The highest BCUT2D eigenvalue weighted by Gasteiger charge is 2.32. The van der Waals surface area contributed by atoms with Gasteiger partial charge in [0.15, 0.2) is 5.69 Å². The van der Waals surface area contributed by atoms with Gasteiger partial charge < -0.3 is 14.6 Å². The average Bonchev–Trinajstić information content (AvgIpc) is 2.83. The molecule has 2 heterocycles. The Hall–Kier alpha value is -1.51. The van der Waals surface area contributed by atoms with Crippen molar-refractivity contribution in [3.05, 3.63) is 22.0 Å². The molecule has 0 saturated carbocycles. The molecule has 0 unspecified atom stereocenters. The van der Waals surface area contributed by atoms with Gasteiger partial charge in [0, 0.05) is 13.0 Å². The highest BCUT2D eigenvalue weighted by atomic mass is 16.7. The van der Waals surface area contributed by atoms with Gasteiger partial charge in [-0.3, -0.25) is 14.8 Å². The number of hydrogen-bond acceptors (Lipinski definition) is 6. The van der Waals surface area contributed by atoms with Gasteiger partial charge in [0.05, 0.1) is 24.7 Å². The molecule has 1 aliphatic heterocycles. The highest BCUT2D eigenvalue weighted by molar-refractivity contribution is 5.33. The monoisotopic (exact) mass is 273 g/mol. The van der Waals surface area contributed by atoms with Gasteiger partial charge in [0.25, 0.3) is 0 Å². The molecule has 0 atom stereocenters. The van der Waals surface area contributed by atoms with E-state index in [9.17, 15) is 10.1 Å². The zero-order chi connectivity index (χ0) is 14.4. The van der Waals surface area contributed by atoms with Crippen LogP contribution < -0.4 is 0 Å². The van der Waals surface area contributed by atoms with Crippen molar-refractivity contribution in [2.45, 2.75) is 20.1 Å². The van der Waals surface area contributed by atoms with Gasteiger partial charge in [-0.2, -0.15) is 5.10 Å². The first-order chi connectivity index (χ1) is 9.13. The Balaban J connectivity index is 0.000000861. The lowest BCUT2D eigenvalue weighted by atomic mass is 10.2. The van der Waals surface area contributed by atoms with E-state index in [-0.39, 0.29) is 23.9 Å². The summed E-state index contributed by atoms with van der Waals surface area (Å²) in [5, 5.41) is 23.5. The molecule has 19 heavy (non-hydrogen) atoms. The van der Waals surface area contributed by atoms with Crippen LogP contribution in [0.5, 0.6) is 0 Å². The third-order valence-corrected chi connectivity index (χ3v) is 2.61. The second-order valence-electron chi connectivity index (χ2n) is 3.84. The van der Waals surface area contributed by atoms with Crippen LogP contribution in [0.2, 0.25) is 0 Å². The molecule has 1 aliphatic rings. The Morgan fingerprint density at radius 2 is 2.11 bits per heavy atom. The lowest BCUT2D eigenvalue weighted by molar-refractivity contribution is -0.387. The summed E-state index contributed by atoms with van der Waals surface area (Å²) >= 11 is 0. The Bertz CT molecular complexity index is 412. The van der Waals surface area contributed by atoms with Crippen LogP contribution in [0, 0.1) is 16.0 Å². The molecular formula is C11H19N3O5. The fourth-order valence-corrected chi connectivity index (χ4v) is 1.66. The van der Waals surface area contributed by atoms with Crippen LogP contribution in [0.15, 0.2) is 6.20 Å². The standard InChI is InChI=1S/C9H13N3O5.C2H6/c1-11-8(7(2-10-11)12(14)15)9-16-4-6(3-13)5-17-9;1-2/h2,6,9,13H,3-5H2,1H3;1-2H3. The van der Waals surface area contributed by atoms with Crippen molar-refractivity contribution in [2.75, 3.05) is 19.8 Å². The van der Waals surface area contributed by atoms with Crippen LogP contribution in [-0.4, -0.2) is 39.6 Å². The Kier molecular flexibility index (Phi) is 5.87. The van der Waals surface area contributed by atoms with Gasteiger partial charge in [-0.1, -0.05) is 13.8 Å². The molecule has 0 spiro atoms. The van der Waals surface area contributed by atoms with E-state index >= 15 is 0 Å². The van der Waals surface area contributed by atoms with E-state index in [2.05, 4.69) is 5.10 Å². The summed E-state index contributed by atoms with van der Waals surface area (Å²) in [6.07, 6.45) is 0.367. The van der Waals surface area contributed by atoms with Crippen LogP contribution in [0.3, 0.4) is 0 Å². The molecule has 1 fully saturated rings. The Labute approximate surface area is 111 Å². The topological polar surface area (TPSA) is 99.7 Å². The van der Waals surface area contributed by atoms with Crippen LogP contribution >= 0.6 is 0 Å². The van der Waals surface area contributed by atoms with Gasteiger partial charge in [-0.15, -0.1) is 0 Å². The third-order valence-electron chi connectivity index (χ3n) is 2.61. The van der Waals surface area contributed by atoms with Crippen molar-refractivity contribution in [3.8, 4) is 0 Å². The number of nitro groups is 1. The summed E-state index contributed by atoms with van der Waals surface area (Å²) in [7, 11) is 1.59. The fraction of sp³-hybridized carbons (Fsp3) is 0.727. The summed E-state index contributed by atoms with van der Waals surface area (Å²) in [4.78, 5) is 10.3. The van der Waals surface area contributed by atoms with Gasteiger partial charge in [0.2, 0.25) is 6.29 Å². The van der Waals surface area contributed by atoms with E-state index in [0.29, 0.717) is 13.2 Å². The smallest absolute Gasteiger partial charge is 0.315 e. The summed E-state index contributed by atoms with van der Waals surface area (Å²) in [5.41, 5.74) is 0.159.